The monoisotopic (exact) mass is 888 g/mol. The van der Waals surface area contributed by atoms with Gasteiger partial charge in [0.1, 0.15) is 36.0 Å². The zero-order valence-corrected chi connectivity index (χ0v) is 35.7. The molecule has 22 nitrogen and oxygen atoms in total. The minimum absolute atomic E-state index is 0.00218. The molecule has 1 aromatic heterocycles. The van der Waals surface area contributed by atoms with Gasteiger partial charge in [-0.25, -0.2) is 0 Å². The Labute approximate surface area is 361 Å². The van der Waals surface area contributed by atoms with Crippen molar-refractivity contribution in [1.29, 1.82) is 0 Å². The molecule has 13 N–H and O–H groups in total. The molecule has 4 rings (SSSR count). The first kappa shape index (κ1) is 48.7. The van der Waals surface area contributed by atoms with Crippen molar-refractivity contribution in [2.45, 2.75) is 94.2 Å². The molecule has 0 aliphatic carbocycles. The van der Waals surface area contributed by atoms with Gasteiger partial charge in [-0.05, 0) is 42.7 Å². The smallest absolute Gasteiger partial charge is 0.246 e. The van der Waals surface area contributed by atoms with Crippen LogP contribution in [0.3, 0.4) is 0 Å². The zero-order valence-electron chi connectivity index (χ0n) is 34.9. The third-order valence-electron chi connectivity index (χ3n) is 11.0. The van der Waals surface area contributed by atoms with E-state index in [0.29, 0.717) is 34.3 Å². The number of benzene rings is 1. The van der Waals surface area contributed by atoms with Crippen molar-refractivity contribution < 1.29 is 58.5 Å². The maximum Gasteiger partial charge on any atom is 0.246 e. The van der Waals surface area contributed by atoms with Gasteiger partial charge in [-0.2, -0.15) is 0 Å². The average Bonchev–Trinajstić information content (AvgIpc) is 3.87. The number of nitrogens with one attached hydrogen (secondary N) is 8. The number of aromatic nitrogens is 1. The fourth-order valence-corrected chi connectivity index (χ4v) is 7.88. The minimum atomic E-state index is -1.63. The number of nitrogens with zero attached hydrogens (tertiary/aromatic N) is 1. The lowest BCUT2D eigenvalue weighted by molar-refractivity contribution is -0.143. The number of hydrogen-bond acceptors (Lipinski definition) is 13. The number of aromatic hydroxyl groups is 1. The molecule has 0 saturated carbocycles. The second kappa shape index (κ2) is 22.2. The number of aliphatic hydroxyl groups is 2. The van der Waals surface area contributed by atoms with Gasteiger partial charge in [0.15, 0.2) is 0 Å². The van der Waals surface area contributed by atoms with E-state index in [9.17, 15) is 58.5 Å². The second-order valence-electron chi connectivity index (χ2n) is 15.4. The maximum absolute atomic E-state index is 14.3. The summed E-state index contributed by atoms with van der Waals surface area (Å²) in [7, 11) is 0. The summed E-state index contributed by atoms with van der Waals surface area (Å²) < 4.78 is 0. The number of thioether (sulfide) groups is 1. The number of H-pyrrole nitrogens is 1. The van der Waals surface area contributed by atoms with Crippen LogP contribution in [-0.2, 0) is 49.6 Å². The molecule has 2 aliphatic rings. The number of aromatic amines is 1. The van der Waals surface area contributed by atoms with E-state index in [1.807, 2.05) is 0 Å². The SMILES string of the molecule is CCC(C)C1NC(=O)CNC(=O)C(Cc2c(SC)[nH]c3cc(O)ccc23)NC(=O)C([C@@H](C)C(O)CO)NC(=O)C2CCCN2C(=O)C(CC(N)=O)NC(=O)CNC(=O)CNC1=O. The molecule has 0 spiro atoms. The van der Waals surface area contributed by atoms with Gasteiger partial charge in [0, 0.05) is 30.3 Å². The Morgan fingerprint density at radius 2 is 1.52 bits per heavy atom. The molecule has 2 fully saturated rings. The van der Waals surface area contributed by atoms with Gasteiger partial charge in [-0.3, -0.25) is 43.2 Å². The van der Waals surface area contributed by atoms with Crippen molar-refractivity contribution >= 4 is 75.8 Å². The van der Waals surface area contributed by atoms with Gasteiger partial charge < -0.3 is 68.2 Å². The molecule has 3 heterocycles. The lowest BCUT2D eigenvalue weighted by atomic mass is 9.94. The second-order valence-corrected chi connectivity index (χ2v) is 16.2. The van der Waals surface area contributed by atoms with Crippen LogP contribution in [0.25, 0.3) is 10.9 Å². The first-order valence-electron chi connectivity index (χ1n) is 20.2. The van der Waals surface area contributed by atoms with E-state index in [1.165, 1.54) is 30.8 Å². The van der Waals surface area contributed by atoms with E-state index in [-0.39, 0.29) is 25.1 Å². The number of aliphatic hydroxyl groups excluding tert-OH is 2. The summed E-state index contributed by atoms with van der Waals surface area (Å²) in [5.41, 5.74) is 6.47. The van der Waals surface area contributed by atoms with Crippen LogP contribution < -0.4 is 43.0 Å². The number of primary amides is 1. The molecular formula is C39H56N10O12S. The number of rotatable bonds is 10. The molecule has 7 unspecified atom stereocenters. The summed E-state index contributed by atoms with van der Waals surface area (Å²) in [6.45, 7) is 2.03. The highest BCUT2D eigenvalue weighted by atomic mass is 32.2. The van der Waals surface area contributed by atoms with Crippen LogP contribution in [0.15, 0.2) is 23.2 Å². The number of phenols is 1. The summed E-state index contributed by atoms with van der Waals surface area (Å²) in [4.78, 5) is 125. The number of carbonyl (C=O) groups is 9. The van der Waals surface area contributed by atoms with Crippen LogP contribution in [0, 0.1) is 11.8 Å². The number of fused-ring (bicyclic) bond motifs is 2. The lowest BCUT2D eigenvalue weighted by Crippen LogP contribution is -2.61. The van der Waals surface area contributed by atoms with Crippen LogP contribution in [-0.4, -0.2) is 154 Å². The maximum atomic E-state index is 14.3. The van der Waals surface area contributed by atoms with Gasteiger partial charge in [0.2, 0.25) is 53.2 Å². The number of phenolic OH excluding ortho intramolecular Hbond substituents is 1. The summed E-state index contributed by atoms with van der Waals surface area (Å²) in [5.74, 6) is -9.47. The highest BCUT2D eigenvalue weighted by molar-refractivity contribution is 7.98. The van der Waals surface area contributed by atoms with Crippen molar-refractivity contribution in [1.82, 2.24) is 47.1 Å². The molecule has 62 heavy (non-hydrogen) atoms. The number of carbonyl (C=O) groups excluding carboxylic acids is 9. The molecule has 0 bridgehead atoms. The van der Waals surface area contributed by atoms with E-state index in [1.54, 1.807) is 26.2 Å². The fourth-order valence-electron chi connectivity index (χ4n) is 7.23. The predicted octanol–water partition coefficient (Wildman–Crippen LogP) is -3.66. The molecule has 340 valence electrons. The minimum Gasteiger partial charge on any atom is -0.508 e. The van der Waals surface area contributed by atoms with E-state index >= 15 is 0 Å². The predicted molar refractivity (Wildman–Crippen MR) is 222 cm³/mol. The Bertz CT molecular complexity index is 2030. The van der Waals surface area contributed by atoms with Crippen molar-refractivity contribution in [2.24, 2.45) is 17.6 Å². The molecular weight excluding hydrogens is 833 g/mol. The van der Waals surface area contributed by atoms with Crippen LogP contribution in [0.1, 0.15) is 52.0 Å². The number of amides is 9. The Kier molecular flexibility index (Phi) is 17.5. The summed E-state index contributed by atoms with van der Waals surface area (Å²) in [6.07, 6.45) is 0.116. The highest BCUT2D eigenvalue weighted by Crippen LogP contribution is 2.32. The first-order valence-corrected chi connectivity index (χ1v) is 21.4. The molecule has 2 saturated heterocycles. The Morgan fingerprint density at radius 3 is 2.18 bits per heavy atom. The molecule has 0 radical (unpaired) electrons. The van der Waals surface area contributed by atoms with Gasteiger partial charge in [-0.15, -0.1) is 11.8 Å². The molecule has 23 heteroatoms. The Balaban J connectivity index is 1.76. The van der Waals surface area contributed by atoms with Crippen LogP contribution in [0.5, 0.6) is 5.75 Å². The van der Waals surface area contributed by atoms with Gasteiger partial charge in [0.05, 0.1) is 49.3 Å². The summed E-state index contributed by atoms with van der Waals surface area (Å²) in [5, 5.41) is 49.2. The quantitative estimate of drug-likeness (QED) is 0.103. The highest BCUT2D eigenvalue weighted by Gasteiger charge is 2.41. The third-order valence-corrected chi connectivity index (χ3v) is 11.7. The first-order chi connectivity index (χ1) is 29.4. The van der Waals surface area contributed by atoms with Crippen molar-refractivity contribution in [3.8, 4) is 5.75 Å². The number of nitrogens with two attached hydrogens (primary N) is 1. The molecule has 9 amide bonds. The van der Waals surface area contributed by atoms with E-state index < -0.39 is 134 Å². The largest absolute Gasteiger partial charge is 0.508 e. The third kappa shape index (κ3) is 12.6. The van der Waals surface area contributed by atoms with Crippen LogP contribution in [0.2, 0.25) is 0 Å². The van der Waals surface area contributed by atoms with E-state index in [4.69, 9.17) is 5.73 Å². The standard InChI is InChI=1S/C39H56N10O12S/c1-5-18(2)32-36(59)43-14-29(54)41-15-30(55)44-25(13-28(40)53)39(61)49-10-6-7-26(49)35(58)48-33(19(3)27(52)17-50)37(60)45-24(34(57)42-16-31(56)47-32)12-22-21-9-8-20(51)11-23(21)46-38(22)62-4/h8-9,11,18-19,24-27,32-33,46,50-52H,5-7,10,12-17H2,1-4H3,(H2,40,53)(H,41,54)(H,42,57)(H,43,59)(H,44,55)(H,45,60)(H,47,56)(H,48,58)/t18?,19-,24?,25?,26?,27?,32?,33?/m0/s1. The molecule has 2 aliphatic heterocycles. The van der Waals surface area contributed by atoms with Crippen LogP contribution in [0.4, 0.5) is 0 Å². The van der Waals surface area contributed by atoms with E-state index in [2.05, 4.69) is 42.2 Å². The molecule has 1 aromatic carbocycles. The van der Waals surface area contributed by atoms with Crippen molar-refractivity contribution in [3.63, 3.8) is 0 Å². The van der Waals surface area contributed by atoms with Crippen LogP contribution >= 0.6 is 11.8 Å². The van der Waals surface area contributed by atoms with Gasteiger partial charge in [-0.1, -0.05) is 27.2 Å². The van der Waals surface area contributed by atoms with Crippen molar-refractivity contribution in [3.05, 3.63) is 23.8 Å². The number of hydrogen-bond donors (Lipinski definition) is 12. The summed E-state index contributed by atoms with van der Waals surface area (Å²) in [6, 6.07) is -2.56. The van der Waals surface area contributed by atoms with E-state index in [0.717, 1.165) is 4.90 Å². The molecule has 2 aromatic rings. The Morgan fingerprint density at radius 1 is 0.855 bits per heavy atom. The van der Waals surface area contributed by atoms with Crippen molar-refractivity contribution in [2.75, 3.05) is 39.0 Å². The van der Waals surface area contributed by atoms with Gasteiger partial charge >= 0.3 is 0 Å². The normalized spacial score (nSPS) is 24.5. The topological polar surface area (TPSA) is 344 Å². The van der Waals surface area contributed by atoms with Gasteiger partial charge in [0.25, 0.3) is 0 Å². The fraction of sp³-hybridized carbons (Fsp3) is 0.564. The Hall–Kier alpha value is -5.94. The lowest BCUT2D eigenvalue weighted by Gasteiger charge is -2.32. The molecule has 8 atom stereocenters. The summed E-state index contributed by atoms with van der Waals surface area (Å²) >= 11 is 1.29. The zero-order chi connectivity index (χ0) is 45.8. The average molecular weight is 889 g/mol.